The molecular weight excluding hydrogens is 244 g/mol. The van der Waals surface area contributed by atoms with Crippen LogP contribution in [0, 0.1) is 0 Å². The highest BCUT2D eigenvalue weighted by molar-refractivity contribution is 5.87. The quantitative estimate of drug-likeness (QED) is 0.749. The van der Waals surface area contributed by atoms with E-state index in [-0.39, 0.29) is 5.41 Å². The van der Waals surface area contributed by atoms with Gasteiger partial charge in [0.15, 0.2) is 0 Å². The van der Waals surface area contributed by atoms with E-state index in [0.717, 1.165) is 26.1 Å². The highest BCUT2D eigenvalue weighted by Crippen LogP contribution is 2.48. The van der Waals surface area contributed by atoms with Crippen molar-refractivity contribution in [3.63, 3.8) is 0 Å². The molecule has 1 aliphatic carbocycles. The van der Waals surface area contributed by atoms with Crippen molar-refractivity contribution in [3.05, 3.63) is 77.4 Å². The number of fused-ring (bicyclic) bond motifs is 2. The van der Waals surface area contributed by atoms with E-state index in [1.807, 2.05) is 0 Å². The lowest BCUT2D eigenvalue weighted by molar-refractivity contribution is 0.0662. The summed E-state index contributed by atoms with van der Waals surface area (Å²) in [6.45, 7) is 1.74. The second-order valence-corrected chi connectivity index (χ2v) is 5.74. The molecule has 1 heteroatoms. The molecular formula is C19H18O. The van der Waals surface area contributed by atoms with Gasteiger partial charge in [-0.2, -0.15) is 0 Å². The van der Waals surface area contributed by atoms with Crippen LogP contribution in [-0.4, -0.2) is 13.2 Å². The summed E-state index contributed by atoms with van der Waals surface area (Å²) in [6, 6.07) is 19.6. The number of rotatable bonds is 1. The van der Waals surface area contributed by atoms with Gasteiger partial charge in [0.2, 0.25) is 0 Å². The number of allylic oxidation sites excluding steroid dienone is 1. The fourth-order valence-corrected chi connectivity index (χ4v) is 3.59. The summed E-state index contributed by atoms with van der Waals surface area (Å²) in [5.74, 6) is 0. The first-order chi connectivity index (χ1) is 9.89. The van der Waals surface area contributed by atoms with Crippen LogP contribution in [0.15, 0.2) is 60.7 Å². The standard InChI is InChI=1S/C19H18O/c1-2-6-15(7-3-1)17-14-19(10-12-20-13-11-19)18-9-5-4-8-16(17)18/h1-9,14H,10-13H2. The Morgan fingerprint density at radius 2 is 1.50 bits per heavy atom. The van der Waals surface area contributed by atoms with Crippen molar-refractivity contribution in [2.24, 2.45) is 0 Å². The topological polar surface area (TPSA) is 9.23 Å². The number of hydrogen-bond donors (Lipinski definition) is 0. The summed E-state index contributed by atoms with van der Waals surface area (Å²) in [4.78, 5) is 0. The summed E-state index contributed by atoms with van der Waals surface area (Å²) < 4.78 is 5.58. The van der Waals surface area contributed by atoms with Crippen molar-refractivity contribution in [1.82, 2.24) is 0 Å². The summed E-state index contributed by atoms with van der Waals surface area (Å²) in [5, 5.41) is 0. The van der Waals surface area contributed by atoms with Gasteiger partial charge in [-0.1, -0.05) is 60.7 Å². The molecule has 1 saturated heterocycles. The van der Waals surface area contributed by atoms with Crippen molar-refractivity contribution >= 4 is 5.57 Å². The van der Waals surface area contributed by atoms with Crippen LogP contribution >= 0.6 is 0 Å². The van der Waals surface area contributed by atoms with E-state index < -0.39 is 0 Å². The molecule has 1 heterocycles. The Morgan fingerprint density at radius 1 is 0.800 bits per heavy atom. The molecule has 1 fully saturated rings. The maximum absolute atomic E-state index is 5.58. The van der Waals surface area contributed by atoms with Gasteiger partial charge >= 0.3 is 0 Å². The van der Waals surface area contributed by atoms with Gasteiger partial charge < -0.3 is 4.74 Å². The van der Waals surface area contributed by atoms with E-state index >= 15 is 0 Å². The molecule has 2 aromatic carbocycles. The van der Waals surface area contributed by atoms with Crippen LogP contribution in [0.25, 0.3) is 5.57 Å². The molecule has 0 amide bonds. The normalized spacial score (nSPS) is 19.7. The highest BCUT2D eigenvalue weighted by atomic mass is 16.5. The molecule has 1 nitrogen and oxygen atoms in total. The average molecular weight is 262 g/mol. The number of hydrogen-bond acceptors (Lipinski definition) is 1. The van der Waals surface area contributed by atoms with E-state index in [9.17, 15) is 0 Å². The summed E-state index contributed by atoms with van der Waals surface area (Å²) in [7, 11) is 0. The Morgan fingerprint density at radius 3 is 2.30 bits per heavy atom. The van der Waals surface area contributed by atoms with Crippen molar-refractivity contribution < 1.29 is 4.74 Å². The lowest BCUT2D eigenvalue weighted by Crippen LogP contribution is -2.30. The Balaban J connectivity index is 1.89. The third-order valence-electron chi connectivity index (χ3n) is 4.64. The zero-order valence-electron chi connectivity index (χ0n) is 11.5. The fraction of sp³-hybridized carbons (Fsp3) is 0.263. The minimum Gasteiger partial charge on any atom is -0.381 e. The Kier molecular flexibility index (Phi) is 2.75. The maximum atomic E-state index is 5.58. The van der Waals surface area contributed by atoms with Gasteiger partial charge in [0.1, 0.15) is 0 Å². The molecule has 100 valence electrons. The van der Waals surface area contributed by atoms with E-state index in [4.69, 9.17) is 4.74 Å². The van der Waals surface area contributed by atoms with Gasteiger partial charge in [0.25, 0.3) is 0 Å². The van der Waals surface area contributed by atoms with E-state index in [2.05, 4.69) is 60.7 Å². The molecule has 0 aromatic heterocycles. The Labute approximate surface area is 119 Å². The van der Waals surface area contributed by atoms with Crippen LogP contribution in [0.5, 0.6) is 0 Å². The summed E-state index contributed by atoms with van der Waals surface area (Å²) >= 11 is 0. The van der Waals surface area contributed by atoms with E-state index in [1.54, 1.807) is 0 Å². The minimum atomic E-state index is 0.194. The SMILES string of the molecule is C1=C(c2ccccc2)c2ccccc2C12CCOCC2. The molecule has 0 bridgehead atoms. The number of benzene rings is 2. The van der Waals surface area contributed by atoms with E-state index in [1.165, 1.54) is 22.3 Å². The molecule has 20 heavy (non-hydrogen) atoms. The summed E-state index contributed by atoms with van der Waals surface area (Å²) in [5.41, 5.74) is 5.80. The van der Waals surface area contributed by atoms with Gasteiger partial charge in [-0.15, -0.1) is 0 Å². The third-order valence-corrected chi connectivity index (χ3v) is 4.64. The minimum absolute atomic E-state index is 0.194. The number of ether oxygens (including phenoxy) is 1. The largest absolute Gasteiger partial charge is 0.381 e. The van der Waals surface area contributed by atoms with Crippen molar-refractivity contribution in [3.8, 4) is 0 Å². The van der Waals surface area contributed by atoms with Crippen LogP contribution in [0.3, 0.4) is 0 Å². The van der Waals surface area contributed by atoms with Crippen LogP contribution in [0.1, 0.15) is 29.5 Å². The zero-order valence-corrected chi connectivity index (χ0v) is 11.5. The van der Waals surface area contributed by atoms with Gasteiger partial charge in [-0.25, -0.2) is 0 Å². The van der Waals surface area contributed by atoms with Crippen molar-refractivity contribution in [2.45, 2.75) is 18.3 Å². The monoisotopic (exact) mass is 262 g/mol. The van der Waals surface area contributed by atoms with Crippen LogP contribution < -0.4 is 0 Å². The molecule has 0 radical (unpaired) electrons. The van der Waals surface area contributed by atoms with Gasteiger partial charge in [0, 0.05) is 18.6 Å². The first kappa shape index (κ1) is 11.9. The molecule has 1 aliphatic heterocycles. The predicted octanol–water partition coefficient (Wildman–Crippen LogP) is 4.18. The van der Waals surface area contributed by atoms with Crippen molar-refractivity contribution in [2.75, 3.05) is 13.2 Å². The van der Waals surface area contributed by atoms with Gasteiger partial charge in [-0.3, -0.25) is 0 Å². The Bertz CT molecular complexity index is 648. The molecule has 0 atom stereocenters. The lowest BCUT2D eigenvalue weighted by atomic mass is 9.76. The molecule has 0 N–H and O–H groups in total. The average Bonchev–Trinajstić information content (AvgIpc) is 2.84. The third kappa shape index (κ3) is 1.74. The molecule has 0 unspecified atom stereocenters. The van der Waals surface area contributed by atoms with Crippen LogP contribution in [0.2, 0.25) is 0 Å². The van der Waals surface area contributed by atoms with Gasteiger partial charge in [-0.05, 0) is 35.1 Å². The van der Waals surface area contributed by atoms with Gasteiger partial charge in [0.05, 0.1) is 0 Å². The lowest BCUT2D eigenvalue weighted by Gasteiger charge is -2.33. The predicted molar refractivity (Wildman–Crippen MR) is 81.7 cm³/mol. The van der Waals surface area contributed by atoms with E-state index in [0.29, 0.717) is 0 Å². The first-order valence-electron chi connectivity index (χ1n) is 7.35. The second-order valence-electron chi connectivity index (χ2n) is 5.74. The van der Waals surface area contributed by atoms with Crippen LogP contribution in [0.4, 0.5) is 0 Å². The fourth-order valence-electron chi connectivity index (χ4n) is 3.59. The maximum Gasteiger partial charge on any atom is 0.0477 e. The second kappa shape index (κ2) is 4.60. The Hall–Kier alpha value is -1.86. The highest BCUT2D eigenvalue weighted by Gasteiger charge is 2.39. The molecule has 0 saturated carbocycles. The van der Waals surface area contributed by atoms with Crippen LogP contribution in [-0.2, 0) is 10.2 Å². The molecule has 4 rings (SSSR count). The van der Waals surface area contributed by atoms with Crippen molar-refractivity contribution in [1.29, 1.82) is 0 Å². The molecule has 2 aromatic rings. The molecule has 2 aliphatic rings. The smallest absolute Gasteiger partial charge is 0.0477 e. The summed E-state index contributed by atoms with van der Waals surface area (Å²) in [6.07, 6.45) is 4.69. The first-order valence-corrected chi connectivity index (χ1v) is 7.35. The molecule has 1 spiro atoms. The zero-order chi connectivity index (χ0) is 13.4.